The summed E-state index contributed by atoms with van der Waals surface area (Å²) >= 11 is 0. The van der Waals surface area contributed by atoms with E-state index in [1.165, 1.54) is 24.9 Å². The molecule has 1 aromatic heterocycles. The van der Waals surface area contributed by atoms with E-state index < -0.39 is 0 Å². The zero-order valence-electron chi connectivity index (χ0n) is 13.3. The first-order valence-electron chi connectivity index (χ1n) is 7.93. The fourth-order valence-electron chi connectivity index (χ4n) is 2.78. The molecule has 0 saturated carbocycles. The van der Waals surface area contributed by atoms with Crippen LogP contribution in [0, 0.1) is 12.8 Å². The third-order valence-corrected chi connectivity index (χ3v) is 4.06. The minimum absolute atomic E-state index is 0.372. The zero-order valence-corrected chi connectivity index (χ0v) is 13.3. The highest BCUT2D eigenvalue weighted by Crippen LogP contribution is 2.21. The van der Waals surface area contributed by atoms with Gasteiger partial charge in [0.1, 0.15) is 11.6 Å². The number of rotatable bonds is 5. The summed E-state index contributed by atoms with van der Waals surface area (Å²) in [6.07, 6.45) is 3.57. The number of hydrogen-bond donors (Lipinski definition) is 2. The molecule has 1 saturated heterocycles. The number of piperidine rings is 1. The molecule has 0 bridgehead atoms. The molecule has 2 N–H and O–H groups in total. The minimum Gasteiger partial charge on any atom is -0.369 e. The zero-order chi connectivity index (χ0) is 14.5. The van der Waals surface area contributed by atoms with Crippen molar-refractivity contribution in [2.45, 2.75) is 52.9 Å². The molecule has 2 rings (SSSR count). The molecule has 1 aliphatic heterocycles. The van der Waals surface area contributed by atoms with Crippen LogP contribution in [0.1, 0.15) is 56.6 Å². The van der Waals surface area contributed by atoms with Crippen molar-refractivity contribution in [1.82, 2.24) is 15.3 Å². The van der Waals surface area contributed by atoms with Gasteiger partial charge in [-0.25, -0.2) is 9.97 Å². The van der Waals surface area contributed by atoms with Crippen LogP contribution in [0.3, 0.4) is 0 Å². The predicted octanol–water partition coefficient (Wildman–Crippen LogP) is 2.88. The SMILES string of the molecule is CCc1c(C)nc(C(C)C)nc1NCC1CCCNC1. The van der Waals surface area contributed by atoms with E-state index in [0.717, 1.165) is 36.8 Å². The minimum atomic E-state index is 0.372. The van der Waals surface area contributed by atoms with Gasteiger partial charge in [-0.2, -0.15) is 0 Å². The maximum atomic E-state index is 4.75. The van der Waals surface area contributed by atoms with Crippen LogP contribution in [0.5, 0.6) is 0 Å². The second-order valence-corrected chi connectivity index (χ2v) is 6.10. The van der Waals surface area contributed by atoms with Crippen molar-refractivity contribution in [3.8, 4) is 0 Å². The molecule has 4 heteroatoms. The Bertz CT molecular complexity index is 436. The van der Waals surface area contributed by atoms with Crippen LogP contribution in [-0.2, 0) is 6.42 Å². The average Bonchev–Trinajstić information content (AvgIpc) is 2.45. The van der Waals surface area contributed by atoms with Crippen LogP contribution in [-0.4, -0.2) is 29.6 Å². The lowest BCUT2D eigenvalue weighted by molar-refractivity contribution is 0.392. The van der Waals surface area contributed by atoms with Gasteiger partial charge in [0.25, 0.3) is 0 Å². The van der Waals surface area contributed by atoms with Gasteiger partial charge < -0.3 is 10.6 Å². The molecule has 4 nitrogen and oxygen atoms in total. The first-order valence-corrected chi connectivity index (χ1v) is 7.93. The third-order valence-electron chi connectivity index (χ3n) is 4.06. The van der Waals surface area contributed by atoms with Crippen molar-refractivity contribution >= 4 is 5.82 Å². The summed E-state index contributed by atoms with van der Waals surface area (Å²) in [7, 11) is 0. The van der Waals surface area contributed by atoms with E-state index in [-0.39, 0.29) is 0 Å². The van der Waals surface area contributed by atoms with Gasteiger partial charge in [0.2, 0.25) is 0 Å². The lowest BCUT2D eigenvalue weighted by Gasteiger charge is -2.24. The molecule has 1 fully saturated rings. The van der Waals surface area contributed by atoms with E-state index in [1.807, 2.05) is 0 Å². The molecular weight excluding hydrogens is 248 g/mol. The van der Waals surface area contributed by atoms with E-state index in [1.54, 1.807) is 0 Å². The van der Waals surface area contributed by atoms with Crippen LogP contribution in [0.2, 0.25) is 0 Å². The molecular formula is C16H28N4. The number of anilines is 1. The molecule has 0 aromatic carbocycles. The lowest BCUT2D eigenvalue weighted by atomic mass is 9.99. The first kappa shape index (κ1) is 15.2. The quantitative estimate of drug-likeness (QED) is 0.868. The van der Waals surface area contributed by atoms with Gasteiger partial charge in [-0.15, -0.1) is 0 Å². The van der Waals surface area contributed by atoms with Gasteiger partial charge in [0.05, 0.1) is 0 Å². The van der Waals surface area contributed by atoms with Crippen LogP contribution >= 0.6 is 0 Å². The fourth-order valence-corrected chi connectivity index (χ4v) is 2.78. The maximum absolute atomic E-state index is 4.75. The molecule has 0 amide bonds. The summed E-state index contributed by atoms with van der Waals surface area (Å²) in [6.45, 7) is 11.9. The lowest BCUT2D eigenvalue weighted by Crippen LogP contribution is -2.33. The van der Waals surface area contributed by atoms with Gasteiger partial charge in [-0.1, -0.05) is 20.8 Å². The molecule has 20 heavy (non-hydrogen) atoms. The second kappa shape index (κ2) is 7.02. The van der Waals surface area contributed by atoms with Gasteiger partial charge in [-0.05, 0) is 45.2 Å². The van der Waals surface area contributed by atoms with E-state index in [9.17, 15) is 0 Å². The summed E-state index contributed by atoms with van der Waals surface area (Å²) in [4.78, 5) is 9.38. The first-order chi connectivity index (χ1) is 9.61. The second-order valence-electron chi connectivity index (χ2n) is 6.10. The Morgan fingerprint density at radius 1 is 1.35 bits per heavy atom. The smallest absolute Gasteiger partial charge is 0.133 e. The molecule has 1 aliphatic rings. The molecule has 112 valence electrons. The van der Waals surface area contributed by atoms with Crippen molar-refractivity contribution in [3.05, 3.63) is 17.1 Å². The largest absolute Gasteiger partial charge is 0.369 e. The van der Waals surface area contributed by atoms with Crippen LogP contribution in [0.15, 0.2) is 0 Å². The molecule has 0 radical (unpaired) electrons. The third kappa shape index (κ3) is 3.69. The number of nitrogens with one attached hydrogen (secondary N) is 2. The Morgan fingerprint density at radius 2 is 2.15 bits per heavy atom. The Balaban J connectivity index is 2.11. The molecule has 0 aliphatic carbocycles. The van der Waals surface area contributed by atoms with Gasteiger partial charge in [0, 0.05) is 23.7 Å². The fraction of sp³-hybridized carbons (Fsp3) is 0.750. The number of aryl methyl sites for hydroxylation is 1. The van der Waals surface area contributed by atoms with Crippen LogP contribution in [0.25, 0.3) is 0 Å². The normalized spacial score (nSPS) is 19.4. The van der Waals surface area contributed by atoms with E-state index in [0.29, 0.717) is 11.8 Å². The highest BCUT2D eigenvalue weighted by Gasteiger charge is 2.16. The number of hydrogen-bond acceptors (Lipinski definition) is 4. The van der Waals surface area contributed by atoms with E-state index in [4.69, 9.17) is 4.98 Å². The van der Waals surface area contributed by atoms with Gasteiger partial charge in [0.15, 0.2) is 0 Å². The van der Waals surface area contributed by atoms with Crippen molar-refractivity contribution in [2.75, 3.05) is 25.0 Å². The van der Waals surface area contributed by atoms with Crippen molar-refractivity contribution in [3.63, 3.8) is 0 Å². The summed E-state index contributed by atoms with van der Waals surface area (Å²) in [5.41, 5.74) is 2.38. The Morgan fingerprint density at radius 3 is 2.75 bits per heavy atom. The topological polar surface area (TPSA) is 49.8 Å². The molecule has 2 heterocycles. The predicted molar refractivity (Wildman–Crippen MR) is 84.3 cm³/mol. The Hall–Kier alpha value is -1.16. The summed E-state index contributed by atoms with van der Waals surface area (Å²) in [5.74, 6) is 3.08. The van der Waals surface area contributed by atoms with Crippen LogP contribution < -0.4 is 10.6 Å². The average molecular weight is 276 g/mol. The van der Waals surface area contributed by atoms with Crippen molar-refractivity contribution in [2.24, 2.45) is 5.92 Å². The number of aromatic nitrogens is 2. The van der Waals surface area contributed by atoms with Gasteiger partial charge in [-0.3, -0.25) is 0 Å². The molecule has 1 atom stereocenters. The van der Waals surface area contributed by atoms with E-state index in [2.05, 4.69) is 43.3 Å². The summed E-state index contributed by atoms with van der Waals surface area (Å²) in [6, 6.07) is 0. The Labute approximate surface area is 122 Å². The molecule has 1 aromatic rings. The van der Waals surface area contributed by atoms with E-state index >= 15 is 0 Å². The number of nitrogens with zero attached hydrogens (tertiary/aromatic N) is 2. The highest BCUT2D eigenvalue weighted by molar-refractivity contribution is 5.46. The summed E-state index contributed by atoms with van der Waals surface area (Å²) in [5, 5.41) is 7.05. The monoisotopic (exact) mass is 276 g/mol. The highest BCUT2D eigenvalue weighted by atomic mass is 15.0. The van der Waals surface area contributed by atoms with Crippen molar-refractivity contribution < 1.29 is 0 Å². The molecule has 0 spiro atoms. The van der Waals surface area contributed by atoms with Gasteiger partial charge >= 0.3 is 0 Å². The summed E-state index contributed by atoms with van der Waals surface area (Å²) < 4.78 is 0. The Kier molecular flexibility index (Phi) is 5.35. The maximum Gasteiger partial charge on any atom is 0.133 e. The van der Waals surface area contributed by atoms with Crippen molar-refractivity contribution in [1.29, 1.82) is 0 Å². The molecule has 1 unspecified atom stereocenters. The van der Waals surface area contributed by atoms with Crippen LogP contribution in [0.4, 0.5) is 5.82 Å². The standard InChI is InChI=1S/C16H28N4/c1-5-14-12(4)19-15(11(2)3)20-16(14)18-10-13-7-6-8-17-9-13/h11,13,17H,5-10H2,1-4H3,(H,18,19,20).